The van der Waals surface area contributed by atoms with Crippen molar-refractivity contribution in [3.8, 4) is 0 Å². The van der Waals surface area contributed by atoms with Crippen LogP contribution in [0.2, 0.25) is 0 Å². The van der Waals surface area contributed by atoms with Gasteiger partial charge in [0.05, 0.1) is 6.10 Å². The molecule has 4 aliphatic carbocycles. The smallest absolute Gasteiger partial charge is 0.190 e. The second-order valence-electron chi connectivity index (χ2n) is 9.34. The van der Waals surface area contributed by atoms with Crippen LogP contribution < -0.4 is 0 Å². The van der Waals surface area contributed by atoms with Gasteiger partial charge in [-0.2, -0.15) is 0 Å². The van der Waals surface area contributed by atoms with Crippen LogP contribution in [0.25, 0.3) is 0 Å². The quantitative estimate of drug-likeness (QED) is 0.659. The summed E-state index contributed by atoms with van der Waals surface area (Å²) in [6, 6.07) is 0. The zero-order valence-electron chi connectivity index (χ0n) is 16.0. The molecule has 0 bridgehead atoms. The van der Waals surface area contributed by atoms with Crippen molar-refractivity contribution in [2.45, 2.75) is 63.1 Å². The molecule has 3 saturated carbocycles. The van der Waals surface area contributed by atoms with Gasteiger partial charge in [0.15, 0.2) is 17.2 Å². The van der Waals surface area contributed by atoms with E-state index in [0.717, 1.165) is 6.08 Å². The van der Waals surface area contributed by atoms with Crippen LogP contribution in [0.3, 0.4) is 0 Å². The summed E-state index contributed by atoms with van der Waals surface area (Å²) in [5.41, 5.74) is -6.71. The number of fused-ring (bicyclic) bond motifs is 5. The Morgan fingerprint density at radius 3 is 2.64 bits per heavy atom. The lowest BCUT2D eigenvalue weighted by Crippen LogP contribution is -2.70. The van der Waals surface area contributed by atoms with E-state index in [-0.39, 0.29) is 24.8 Å². The molecule has 0 heterocycles. The number of ketones is 2. The van der Waals surface area contributed by atoms with Crippen molar-refractivity contribution in [1.82, 2.24) is 0 Å². The lowest BCUT2D eigenvalue weighted by atomic mass is 9.44. The highest BCUT2D eigenvalue weighted by Gasteiger charge is 2.75. The molecule has 4 aliphatic rings. The molecule has 3 N–H and O–H groups in total. The first-order valence-corrected chi connectivity index (χ1v) is 9.78. The average Bonchev–Trinajstić information content (AvgIpc) is 2.91. The van der Waals surface area contributed by atoms with E-state index in [1.807, 2.05) is 0 Å². The molecule has 0 aromatic rings. The van der Waals surface area contributed by atoms with Crippen molar-refractivity contribution in [3.63, 3.8) is 0 Å². The van der Waals surface area contributed by atoms with E-state index in [4.69, 9.17) is 0 Å². The van der Waals surface area contributed by atoms with Gasteiger partial charge in [0.25, 0.3) is 0 Å². The molecule has 0 saturated heterocycles. The number of aliphatic hydroxyl groups excluding tert-OH is 2. The summed E-state index contributed by atoms with van der Waals surface area (Å²) < 4.78 is 31.9. The molecule has 0 spiro atoms. The lowest BCUT2D eigenvalue weighted by molar-refractivity contribution is -0.221. The summed E-state index contributed by atoms with van der Waals surface area (Å²) in [6.45, 7) is 2.29. The third-order valence-electron chi connectivity index (χ3n) is 8.39. The van der Waals surface area contributed by atoms with Crippen LogP contribution >= 0.6 is 0 Å². The Morgan fingerprint density at radius 2 is 2.00 bits per heavy atom. The number of carbonyl (C=O) groups is 2. The average molecular weight is 396 g/mol. The largest absolute Gasteiger partial charge is 0.390 e. The van der Waals surface area contributed by atoms with E-state index >= 15 is 8.78 Å². The Bertz CT molecular complexity index is 809. The van der Waals surface area contributed by atoms with Crippen molar-refractivity contribution in [1.29, 1.82) is 0 Å². The lowest BCUT2D eigenvalue weighted by Gasteiger charge is -2.63. The first-order chi connectivity index (χ1) is 13.0. The minimum absolute atomic E-state index is 0.0392. The first-order valence-electron chi connectivity index (χ1n) is 9.78. The molecule has 4 rings (SSSR count). The van der Waals surface area contributed by atoms with E-state index in [1.165, 1.54) is 19.1 Å². The number of alkyl halides is 2. The van der Waals surface area contributed by atoms with E-state index in [0.29, 0.717) is 6.42 Å². The maximum Gasteiger partial charge on any atom is 0.190 e. The zero-order valence-corrected chi connectivity index (χ0v) is 16.0. The highest BCUT2D eigenvalue weighted by Crippen LogP contribution is 2.69. The highest BCUT2D eigenvalue weighted by atomic mass is 19.1. The van der Waals surface area contributed by atoms with E-state index in [9.17, 15) is 24.9 Å². The zero-order chi connectivity index (χ0) is 20.7. The molecule has 5 nitrogen and oxygen atoms in total. The number of halogens is 2. The molecule has 8 atom stereocenters. The van der Waals surface area contributed by atoms with Gasteiger partial charge in [0, 0.05) is 16.7 Å². The van der Waals surface area contributed by atoms with Gasteiger partial charge in [-0.05, 0) is 56.3 Å². The number of rotatable bonds is 2. The monoisotopic (exact) mass is 396 g/mol. The number of hydrogen-bond donors (Lipinski definition) is 3. The number of Topliss-reactive ketones (excluding diaryl/α,β-unsaturated/α-hetero) is 1. The molecule has 3 fully saturated rings. The molecule has 28 heavy (non-hydrogen) atoms. The van der Waals surface area contributed by atoms with E-state index in [1.54, 1.807) is 6.92 Å². The van der Waals surface area contributed by atoms with Crippen LogP contribution in [-0.4, -0.2) is 57.0 Å². The number of aliphatic hydroxyl groups is 3. The van der Waals surface area contributed by atoms with Gasteiger partial charge >= 0.3 is 0 Å². The molecule has 0 amide bonds. The summed E-state index contributed by atoms with van der Waals surface area (Å²) >= 11 is 0. The minimum Gasteiger partial charge on any atom is -0.390 e. The summed E-state index contributed by atoms with van der Waals surface area (Å²) in [5, 5.41) is 31.4. The maximum absolute atomic E-state index is 16.7. The third-order valence-corrected chi connectivity index (χ3v) is 8.39. The van der Waals surface area contributed by atoms with E-state index in [2.05, 4.69) is 0 Å². The Balaban J connectivity index is 1.84. The fourth-order valence-electron chi connectivity index (χ4n) is 6.80. The molecule has 0 aliphatic heterocycles. The topological polar surface area (TPSA) is 94.8 Å². The molecule has 0 aromatic heterocycles. The van der Waals surface area contributed by atoms with Gasteiger partial charge in [-0.15, -0.1) is 0 Å². The Morgan fingerprint density at radius 1 is 1.32 bits per heavy atom. The molecular weight excluding hydrogens is 370 g/mol. The third kappa shape index (κ3) is 2.05. The Labute approximate surface area is 162 Å². The van der Waals surface area contributed by atoms with Gasteiger partial charge < -0.3 is 15.3 Å². The highest BCUT2D eigenvalue weighted by molar-refractivity contribution is 6.01. The standard InChI is InChI=1S/C21H26F2O5/c1-18-5-3-11(25)7-14(18)15(22)8-13-12-4-6-20(28,17(27)10-24)19(12,2)9-16(26)21(13,18)23/h3,5,7,12-13,15-16,24,26,28H,4,6,8-10H2,1-2H3/t12-,13-,15?,16?,18-,19-,20-,21?/m0/s1. The van der Waals surface area contributed by atoms with Crippen molar-refractivity contribution in [2.75, 3.05) is 6.61 Å². The fourth-order valence-corrected chi connectivity index (χ4v) is 6.80. The Hall–Kier alpha value is -1.44. The second-order valence-corrected chi connectivity index (χ2v) is 9.34. The van der Waals surface area contributed by atoms with Crippen molar-refractivity contribution in [3.05, 3.63) is 23.8 Å². The molecule has 0 radical (unpaired) electrons. The van der Waals surface area contributed by atoms with E-state index < -0.39 is 64.4 Å². The van der Waals surface area contributed by atoms with Crippen LogP contribution in [0.15, 0.2) is 23.8 Å². The van der Waals surface area contributed by atoms with Gasteiger partial charge in [-0.25, -0.2) is 8.78 Å². The predicted molar refractivity (Wildman–Crippen MR) is 95.7 cm³/mol. The minimum atomic E-state index is -2.23. The molecule has 7 heteroatoms. The molecule has 0 aromatic carbocycles. The van der Waals surface area contributed by atoms with Crippen LogP contribution in [0.4, 0.5) is 8.78 Å². The van der Waals surface area contributed by atoms with Crippen LogP contribution in [0.5, 0.6) is 0 Å². The first kappa shape index (κ1) is 19.9. The van der Waals surface area contributed by atoms with Gasteiger partial charge in [0.2, 0.25) is 0 Å². The fraction of sp³-hybridized carbons (Fsp3) is 0.714. The Kier molecular flexibility index (Phi) is 4.11. The number of allylic oxidation sites excluding steroid dienone is 4. The number of carbonyl (C=O) groups excluding carboxylic acids is 2. The van der Waals surface area contributed by atoms with Crippen LogP contribution in [0, 0.1) is 22.7 Å². The van der Waals surface area contributed by atoms with Gasteiger partial charge in [0.1, 0.15) is 18.4 Å². The van der Waals surface area contributed by atoms with Crippen molar-refractivity contribution >= 4 is 11.6 Å². The number of hydrogen-bond acceptors (Lipinski definition) is 5. The summed E-state index contributed by atoms with van der Waals surface area (Å²) in [5.74, 6) is -2.63. The second kappa shape index (κ2) is 5.80. The normalized spacial score (nSPS) is 52.5. The molecule has 3 unspecified atom stereocenters. The molecule has 154 valence electrons. The van der Waals surface area contributed by atoms with Gasteiger partial charge in [-0.1, -0.05) is 13.0 Å². The summed E-state index contributed by atoms with van der Waals surface area (Å²) in [6.07, 6.45) is 0.509. The van der Waals surface area contributed by atoms with Crippen molar-refractivity contribution in [2.24, 2.45) is 22.7 Å². The maximum atomic E-state index is 16.7. The molecular formula is C21H26F2O5. The van der Waals surface area contributed by atoms with Crippen LogP contribution in [0.1, 0.15) is 39.5 Å². The SMILES string of the molecule is C[C@]12C=CC(=O)C=C1C(F)C[C@H]1[C@@H]3CC[C@](O)(C(=O)CO)[C@@]3(C)CC(O)C12F. The van der Waals surface area contributed by atoms with Crippen LogP contribution in [-0.2, 0) is 9.59 Å². The van der Waals surface area contributed by atoms with Gasteiger partial charge in [-0.3, -0.25) is 9.59 Å². The summed E-state index contributed by atoms with van der Waals surface area (Å²) in [4.78, 5) is 24.1. The predicted octanol–water partition coefficient (Wildman–Crippen LogP) is 1.60. The van der Waals surface area contributed by atoms with Crippen molar-refractivity contribution < 1.29 is 33.7 Å². The summed E-state index contributed by atoms with van der Waals surface area (Å²) in [7, 11) is 0.